The zero-order valence-electron chi connectivity index (χ0n) is 13.7. The average molecular weight is 326 g/mol. The molecule has 24 heavy (non-hydrogen) atoms. The van der Waals surface area contributed by atoms with Gasteiger partial charge in [-0.1, -0.05) is 19.1 Å². The van der Waals surface area contributed by atoms with Crippen molar-refractivity contribution in [3.05, 3.63) is 42.0 Å². The highest BCUT2D eigenvalue weighted by Gasteiger charge is 2.18. The molecule has 1 atom stereocenters. The lowest BCUT2D eigenvalue weighted by Gasteiger charge is -2.16. The van der Waals surface area contributed by atoms with Crippen LogP contribution in [-0.2, 0) is 14.1 Å². The Morgan fingerprint density at radius 3 is 2.54 bits per heavy atom. The number of nitrogens with zero attached hydrogens (tertiary/aromatic N) is 7. The molecule has 1 unspecified atom stereocenters. The molecule has 0 saturated heterocycles. The Morgan fingerprint density at radius 2 is 2.00 bits per heavy atom. The molecule has 1 aromatic carbocycles. The fourth-order valence-electron chi connectivity index (χ4n) is 2.38. The van der Waals surface area contributed by atoms with Crippen LogP contribution in [-0.4, -0.2) is 40.9 Å². The van der Waals surface area contributed by atoms with Gasteiger partial charge in [-0.05, 0) is 23.8 Å². The van der Waals surface area contributed by atoms with Crippen LogP contribution < -0.4 is 5.32 Å². The summed E-state index contributed by atoms with van der Waals surface area (Å²) in [5, 5.41) is 18.9. The molecule has 3 rings (SSSR count). The lowest BCUT2D eigenvalue weighted by molar-refractivity contribution is 0.0933. The molecule has 3 aromatic rings. The first kappa shape index (κ1) is 15.8. The summed E-state index contributed by atoms with van der Waals surface area (Å²) in [7, 11) is 3.51. The van der Waals surface area contributed by atoms with E-state index in [1.807, 2.05) is 6.92 Å². The standard InChI is InChI=1S/C15H18N8O/c1-4-12(14-16-9-17-22(14)2)18-15(24)11-7-5-10(6-8-11)13-19-21-23(3)20-13/h5-9,12H,4H2,1-3H3,(H,18,24). The van der Waals surface area contributed by atoms with Gasteiger partial charge in [0.1, 0.15) is 12.2 Å². The number of rotatable bonds is 5. The third-order valence-electron chi connectivity index (χ3n) is 3.69. The fourth-order valence-corrected chi connectivity index (χ4v) is 2.38. The first-order valence-electron chi connectivity index (χ1n) is 7.57. The summed E-state index contributed by atoms with van der Waals surface area (Å²) in [6, 6.07) is 6.89. The Bertz CT molecular complexity index is 835. The molecule has 0 aliphatic heterocycles. The molecule has 1 amide bonds. The quantitative estimate of drug-likeness (QED) is 0.747. The Labute approximate surface area is 138 Å². The molecule has 2 aromatic heterocycles. The fraction of sp³-hybridized carbons (Fsp3) is 0.333. The summed E-state index contributed by atoms with van der Waals surface area (Å²) in [6.07, 6.45) is 2.20. The van der Waals surface area contributed by atoms with Crippen LogP contribution in [0.5, 0.6) is 0 Å². The normalized spacial score (nSPS) is 12.1. The van der Waals surface area contributed by atoms with Gasteiger partial charge < -0.3 is 5.32 Å². The number of hydrogen-bond acceptors (Lipinski definition) is 6. The summed E-state index contributed by atoms with van der Waals surface area (Å²) in [6.45, 7) is 1.99. The summed E-state index contributed by atoms with van der Waals surface area (Å²) in [5.41, 5.74) is 1.36. The molecule has 2 heterocycles. The van der Waals surface area contributed by atoms with Gasteiger partial charge in [-0.3, -0.25) is 9.48 Å². The van der Waals surface area contributed by atoms with E-state index in [1.165, 1.54) is 11.1 Å². The molecule has 0 saturated carbocycles. The Balaban J connectivity index is 1.74. The van der Waals surface area contributed by atoms with Crippen molar-refractivity contribution in [3.63, 3.8) is 0 Å². The Kier molecular flexibility index (Phi) is 4.32. The van der Waals surface area contributed by atoms with E-state index in [2.05, 4.69) is 30.8 Å². The number of hydrogen-bond donors (Lipinski definition) is 1. The van der Waals surface area contributed by atoms with E-state index in [4.69, 9.17) is 0 Å². The van der Waals surface area contributed by atoms with E-state index in [0.717, 1.165) is 17.8 Å². The molecule has 9 heteroatoms. The van der Waals surface area contributed by atoms with Crippen molar-refractivity contribution in [2.45, 2.75) is 19.4 Å². The second-order valence-electron chi connectivity index (χ2n) is 5.36. The lowest BCUT2D eigenvalue weighted by atomic mass is 10.1. The molecule has 0 fully saturated rings. The number of aryl methyl sites for hydroxylation is 2. The number of benzene rings is 1. The lowest BCUT2D eigenvalue weighted by Crippen LogP contribution is -2.30. The zero-order valence-corrected chi connectivity index (χ0v) is 13.7. The SMILES string of the molecule is CCC(NC(=O)c1ccc(-c2nnn(C)n2)cc1)c1ncnn1C. The van der Waals surface area contributed by atoms with Gasteiger partial charge in [0.2, 0.25) is 5.82 Å². The maximum atomic E-state index is 12.5. The van der Waals surface area contributed by atoms with E-state index >= 15 is 0 Å². The van der Waals surface area contributed by atoms with Crippen molar-refractivity contribution < 1.29 is 4.79 Å². The van der Waals surface area contributed by atoms with Gasteiger partial charge in [-0.2, -0.15) is 9.90 Å². The number of tetrazole rings is 1. The zero-order chi connectivity index (χ0) is 17.1. The number of nitrogens with one attached hydrogen (secondary N) is 1. The van der Waals surface area contributed by atoms with E-state index < -0.39 is 0 Å². The summed E-state index contributed by atoms with van der Waals surface area (Å²) < 4.78 is 1.66. The van der Waals surface area contributed by atoms with E-state index in [9.17, 15) is 4.79 Å². The summed E-state index contributed by atoms with van der Waals surface area (Å²) in [4.78, 5) is 18.0. The van der Waals surface area contributed by atoms with Crippen LogP contribution in [0.3, 0.4) is 0 Å². The Hall–Kier alpha value is -3.10. The topological polar surface area (TPSA) is 103 Å². The molecule has 124 valence electrons. The first-order chi connectivity index (χ1) is 11.6. The van der Waals surface area contributed by atoms with Crippen LogP contribution in [0.1, 0.15) is 35.6 Å². The molecule has 0 bridgehead atoms. The monoisotopic (exact) mass is 326 g/mol. The van der Waals surface area contributed by atoms with Gasteiger partial charge in [0.25, 0.3) is 5.91 Å². The van der Waals surface area contributed by atoms with Crippen LogP contribution in [0.15, 0.2) is 30.6 Å². The van der Waals surface area contributed by atoms with Gasteiger partial charge in [0.05, 0.1) is 13.1 Å². The highest BCUT2D eigenvalue weighted by Crippen LogP contribution is 2.17. The van der Waals surface area contributed by atoms with Crippen LogP contribution in [0, 0.1) is 0 Å². The molecule has 0 aliphatic rings. The minimum atomic E-state index is -0.189. The van der Waals surface area contributed by atoms with Crippen LogP contribution >= 0.6 is 0 Å². The maximum absolute atomic E-state index is 12.5. The van der Waals surface area contributed by atoms with Crippen molar-refractivity contribution >= 4 is 5.91 Å². The predicted octanol–water partition coefficient (Wildman–Crippen LogP) is 0.887. The maximum Gasteiger partial charge on any atom is 0.251 e. The average Bonchev–Trinajstić information content (AvgIpc) is 3.21. The van der Waals surface area contributed by atoms with Gasteiger partial charge in [0.15, 0.2) is 0 Å². The van der Waals surface area contributed by atoms with Gasteiger partial charge in [-0.15, -0.1) is 10.2 Å². The van der Waals surface area contributed by atoms with Crippen LogP contribution in [0.25, 0.3) is 11.4 Å². The molecule has 0 radical (unpaired) electrons. The minimum absolute atomic E-state index is 0.163. The minimum Gasteiger partial charge on any atom is -0.342 e. The summed E-state index contributed by atoms with van der Waals surface area (Å²) in [5.74, 6) is 1.09. The van der Waals surface area contributed by atoms with E-state index in [1.54, 1.807) is 43.0 Å². The Morgan fingerprint density at radius 1 is 1.25 bits per heavy atom. The number of aromatic nitrogens is 7. The molecular weight excluding hydrogens is 308 g/mol. The van der Waals surface area contributed by atoms with Gasteiger partial charge in [-0.25, -0.2) is 4.98 Å². The van der Waals surface area contributed by atoms with Gasteiger partial charge >= 0.3 is 0 Å². The predicted molar refractivity (Wildman–Crippen MR) is 85.7 cm³/mol. The van der Waals surface area contributed by atoms with Crippen molar-refractivity contribution in [2.75, 3.05) is 0 Å². The van der Waals surface area contributed by atoms with Crippen molar-refractivity contribution in [1.29, 1.82) is 0 Å². The highest BCUT2D eigenvalue weighted by molar-refractivity contribution is 5.94. The van der Waals surface area contributed by atoms with E-state index in [0.29, 0.717) is 11.4 Å². The first-order valence-corrected chi connectivity index (χ1v) is 7.57. The third kappa shape index (κ3) is 3.14. The van der Waals surface area contributed by atoms with Crippen LogP contribution in [0.2, 0.25) is 0 Å². The number of amides is 1. The molecule has 0 spiro atoms. The third-order valence-corrected chi connectivity index (χ3v) is 3.69. The molecule has 0 aliphatic carbocycles. The molecule has 1 N–H and O–H groups in total. The molecule has 9 nitrogen and oxygen atoms in total. The largest absolute Gasteiger partial charge is 0.342 e. The number of carbonyl (C=O) groups excluding carboxylic acids is 1. The second kappa shape index (κ2) is 6.57. The van der Waals surface area contributed by atoms with Crippen molar-refractivity contribution in [2.24, 2.45) is 14.1 Å². The number of carbonyl (C=O) groups is 1. The van der Waals surface area contributed by atoms with Crippen molar-refractivity contribution in [3.8, 4) is 11.4 Å². The van der Waals surface area contributed by atoms with Crippen LogP contribution in [0.4, 0.5) is 0 Å². The summed E-state index contributed by atoms with van der Waals surface area (Å²) >= 11 is 0. The highest BCUT2D eigenvalue weighted by atomic mass is 16.1. The van der Waals surface area contributed by atoms with Crippen molar-refractivity contribution in [1.82, 2.24) is 40.3 Å². The van der Waals surface area contributed by atoms with E-state index in [-0.39, 0.29) is 11.9 Å². The second-order valence-corrected chi connectivity index (χ2v) is 5.36. The molecular formula is C15H18N8O. The smallest absolute Gasteiger partial charge is 0.251 e. The van der Waals surface area contributed by atoms with Gasteiger partial charge in [0, 0.05) is 18.2 Å².